The zero-order chi connectivity index (χ0) is 15.3. The molecule has 0 aliphatic heterocycles. The minimum absolute atomic E-state index is 0.0920. The van der Waals surface area contributed by atoms with E-state index in [2.05, 4.69) is 24.5 Å². The number of aryl methyl sites for hydroxylation is 1. The molecule has 0 fully saturated rings. The number of hydrogen-bond acceptors (Lipinski definition) is 2. The van der Waals surface area contributed by atoms with Gasteiger partial charge in [0.1, 0.15) is 0 Å². The van der Waals surface area contributed by atoms with Gasteiger partial charge in [0, 0.05) is 11.7 Å². The molecular formula is C15H22N2O3. The van der Waals surface area contributed by atoms with E-state index in [4.69, 9.17) is 5.11 Å². The molecular weight excluding hydrogens is 256 g/mol. The highest BCUT2D eigenvalue weighted by atomic mass is 16.4. The first kappa shape index (κ1) is 16.0. The van der Waals surface area contributed by atoms with Crippen LogP contribution in [0.25, 0.3) is 0 Å². The summed E-state index contributed by atoms with van der Waals surface area (Å²) in [7, 11) is 0. The second-order valence-electron chi connectivity index (χ2n) is 5.46. The van der Waals surface area contributed by atoms with E-state index in [9.17, 15) is 9.59 Å². The van der Waals surface area contributed by atoms with Crippen molar-refractivity contribution in [3.63, 3.8) is 0 Å². The summed E-state index contributed by atoms with van der Waals surface area (Å²) in [6, 6.07) is 4.54. The first-order chi connectivity index (χ1) is 9.29. The number of nitrogens with one attached hydrogen (secondary N) is 2. The summed E-state index contributed by atoms with van der Waals surface area (Å²) < 4.78 is 0. The number of amides is 2. The number of rotatable bonds is 5. The summed E-state index contributed by atoms with van der Waals surface area (Å²) in [5.41, 5.74) is 1.44. The van der Waals surface area contributed by atoms with Gasteiger partial charge in [0.2, 0.25) is 0 Å². The van der Waals surface area contributed by atoms with Crippen LogP contribution in [0.5, 0.6) is 0 Å². The lowest BCUT2D eigenvalue weighted by Crippen LogP contribution is -2.36. The second kappa shape index (κ2) is 6.93. The Morgan fingerprint density at radius 3 is 2.40 bits per heavy atom. The van der Waals surface area contributed by atoms with Gasteiger partial charge in [-0.3, -0.25) is 0 Å². The van der Waals surface area contributed by atoms with E-state index in [1.807, 2.05) is 6.92 Å². The molecule has 0 bridgehead atoms. The molecule has 0 saturated carbocycles. The molecule has 0 spiro atoms. The topological polar surface area (TPSA) is 78.4 Å². The van der Waals surface area contributed by atoms with Crippen LogP contribution in [0.15, 0.2) is 18.2 Å². The van der Waals surface area contributed by atoms with E-state index in [1.165, 1.54) is 6.07 Å². The molecule has 0 aliphatic carbocycles. The number of carboxylic acids is 1. The van der Waals surface area contributed by atoms with Crippen LogP contribution in [-0.4, -0.2) is 23.1 Å². The standard InChI is InChI=1S/C15H22N2O3/c1-9(2)7-11(4)16-15(20)17-12-5-6-13(14(18)19)10(3)8-12/h5-6,8-9,11H,7H2,1-4H3,(H,18,19)(H2,16,17,20). The normalized spacial score (nSPS) is 12.1. The number of carbonyl (C=O) groups is 2. The van der Waals surface area contributed by atoms with Crippen molar-refractivity contribution in [1.29, 1.82) is 0 Å². The molecule has 3 N–H and O–H groups in total. The van der Waals surface area contributed by atoms with E-state index >= 15 is 0 Å². The number of carboxylic acid groups (broad SMARTS) is 1. The van der Waals surface area contributed by atoms with Crippen molar-refractivity contribution in [2.75, 3.05) is 5.32 Å². The molecule has 110 valence electrons. The Hall–Kier alpha value is -2.04. The SMILES string of the molecule is Cc1cc(NC(=O)NC(C)CC(C)C)ccc1C(=O)O. The van der Waals surface area contributed by atoms with Gasteiger partial charge >= 0.3 is 12.0 Å². The number of hydrogen-bond donors (Lipinski definition) is 3. The highest BCUT2D eigenvalue weighted by Gasteiger charge is 2.11. The predicted molar refractivity (Wildman–Crippen MR) is 79.2 cm³/mol. The third-order valence-corrected chi connectivity index (χ3v) is 2.92. The van der Waals surface area contributed by atoms with E-state index < -0.39 is 5.97 Å². The van der Waals surface area contributed by atoms with E-state index in [0.29, 0.717) is 17.2 Å². The van der Waals surface area contributed by atoms with Crippen molar-refractivity contribution in [2.24, 2.45) is 5.92 Å². The minimum atomic E-state index is -0.968. The second-order valence-corrected chi connectivity index (χ2v) is 5.46. The maximum Gasteiger partial charge on any atom is 0.335 e. The fraction of sp³-hybridized carbons (Fsp3) is 0.467. The molecule has 0 aromatic heterocycles. The van der Waals surface area contributed by atoms with Crippen molar-refractivity contribution >= 4 is 17.7 Å². The van der Waals surface area contributed by atoms with Crippen LogP contribution >= 0.6 is 0 Å². The van der Waals surface area contributed by atoms with Crippen LogP contribution in [-0.2, 0) is 0 Å². The zero-order valence-electron chi connectivity index (χ0n) is 12.4. The third kappa shape index (κ3) is 4.91. The lowest BCUT2D eigenvalue weighted by molar-refractivity contribution is 0.0696. The highest BCUT2D eigenvalue weighted by molar-refractivity contribution is 5.92. The van der Waals surface area contributed by atoms with Crippen LogP contribution in [0.3, 0.4) is 0 Å². The van der Waals surface area contributed by atoms with Gasteiger partial charge in [-0.15, -0.1) is 0 Å². The summed E-state index contributed by atoms with van der Waals surface area (Å²) in [6.07, 6.45) is 0.907. The molecule has 1 unspecified atom stereocenters. The molecule has 20 heavy (non-hydrogen) atoms. The molecule has 0 saturated heterocycles. The maximum absolute atomic E-state index is 11.8. The Morgan fingerprint density at radius 2 is 1.90 bits per heavy atom. The Kier molecular flexibility index (Phi) is 5.55. The molecule has 0 radical (unpaired) electrons. The van der Waals surface area contributed by atoms with E-state index in [1.54, 1.807) is 19.1 Å². The van der Waals surface area contributed by atoms with Crippen LogP contribution < -0.4 is 10.6 Å². The van der Waals surface area contributed by atoms with Gasteiger partial charge in [0.15, 0.2) is 0 Å². The average molecular weight is 278 g/mol. The summed E-state index contributed by atoms with van der Waals surface area (Å²) in [5, 5.41) is 14.5. The fourth-order valence-corrected chi connectivity index (χ4v) is 2.14. The molecule has 1 rings (SSSR count). The first-order valence-corrected chi connectivity index (χ1v) is 6.71. The predicted octanol–water partition coefficient (Wildman–Crippen LogP) is 3.25. The Bertz CT molecular complexity index is 498. The summed E-state index contributed by atoms with van der Waals surface area (Å²) in [6.45, 7) is 7.86. The molecule has 2 amide bonds. The minimum Gasteiger partial charge on any atom is -0.478 e. The first-order valence-electron chi connectivity index (χ1n) is 6.71. The van der Waals surface area contributed by atoms with Gasteiger partial charge in [-0.1, -0.05) is 13.8 Å². The van der Waals surface area contributed by atoms with E-state index in [0.717, 1.165) is 6.42 Å². The number of urea groups is 1. The lowest BCUT2D eigenvalue weighted by Gasteiger charge is -2.16. The largest absolute Gasteiger partial charge is 0.478 e. The van der Waals surface area contributed by atoms with Gasteiger partial charge in [0.25, 0.3) is 0 Å². The van der Waals surface area contributed by atoms with Crippen molar-refractivity contribution in [3.8, 4) is 0 Å². The Balaban J connectivity index is 2.63. The number of aromatic carboxylic acids is 1. The number of anilines is 1. The van der Waals surface area contributed by atoms with Gasteiger partial charge in [-0.2, -0.15) is 0 Å². The van der Waals surface area contributed by atoms with Gasteiger partial charge < -0.3 is 15.7 Å². The summed E-state index contributed by atoms with van der Waals surface area (Å²) in [5.74, 6) is -0.452. The van der Waals surface area contributed by atoms with Crippen molar-refractivity contribution < 1.29 is 14.7 Å². The van der Waals surface area contributed by atoms with Crippen LogP contribution in [0.1, 0.15) is 43.1 Å². The summed E-state index contributed by atoms with van der Waals surface area (Å²) >= 11 is 0. The molecule has 5 nitrogen and oxygen atoms in total. The molecule has 1 aromatic carbocycles. The van der Waals surface area contributed by atoms with Gasteiger partial charge in [-0.05, 0) is 49.9 Å². The molecule has 1 atom stereocenters. The fourth-order valence-electron chi connectivity index (χ4n) is 2.14. The molecule has 5 heteroatoms. The van der Waals surface area contributed by atoms with Crippen LogP contribution in [0.4, 0.5) is 10.5 Å². The van der Waals surface area contributed by atoms with Crippen molar-refractivity contribution in [2.45, 2.75) is 40.2 Å². The Labute approximate surface area is 119 Å². The van der Waals surface area contributed by atoms with Gasteiger partial charge in [0.05, 0.1) is 5.56 Å². The zero-order valence-corrected chi connectivity index (χ0v) is 12.4. The maximum atomic E-state index is 11.8. The molecule has 0 aliphatic rings. The quantitative estimate of drug-likeness (QED) is 0.773. The summed E-state index contributed by atoms with van der Waals surface area (Å²) in [4.78, 5) is 22.7. The smallest absolute Gasteiger partial charge is 0.335 e. The Morgan fingerprint density at radius 1 is 1.25 bits per heavy atom. The number of carbonyl (C=O) groups excluding carboxylic acids is 1. The third-order valence-electron chi connectivity index (χ3n) is 2.92. The van der Waals surface area contributed by atoms with Crippen molar-refractivity contribution in [1.82, 2.24) is 5.32 Å². The molecule has 0 heterocycles. The van der Waals surface area contributed by atoms with Gasteiger partial charge in [-0.25, -0.2) is 9.59 Å². The van der Waals surface area contributed by atoms with Crippen LogP contribution in [0, 0.1) is 12.8 Å². The highest BCUT2D eigenvalue weighted by Crippen LogP contribution is 2.15. The van der Waals surface area contributed by atoms with Crippen LogP contribution in [0.2, 0.25) is 0 Å². The van der Waals surface area contributed by atoms with E-state index in [-0.39, 0.29) is 17.6 Å². The number of benzene rings is 1. The molecule has 1 aromatic rings. The average Bonchev–Trinajstić information content (AvgIpc) is 2.26. The lowest BCUT2D eigenvalue weighted by atomic mass is 10.1. The van der Waals surface area contributed by atoms with Crippen molar-refractivity contribution in [3.05, 3.63) is 29.3 Å². The monoisotopic (exact) mass is 278 g/mol.